The highest BCUT2D eigenvalue weighted by Crippen LogP contribution is 2.23. The predicted molar refractivity (Wildman–Crippen MR) is 94.1 cm³/mol. The van der Waals surface area contributed by atoms with Crippen LogP contribution in [0.25, 0.3) is 0 Å². The third kappa shape index (κ3) is 4.47. The smallest absolute Gasteiger partial charge is 0.243 e. The lowest BCUT2D eigenvalue weighted by Crippen LogP contribution is -2.43. The van der Waals surface area contributed by atoms with Crippen LogP contribution < -0.4 is 0 Å². The van der Waals surface area contributed by atoms with Crippen LogP contribution in [0.5, 0.6) is 0 Å². The summed E-state index contributed by atoms with van der Waals surface area (Å²) in [5.41, 5.74) is 1.38. The summed E-state index contributed by atoms with van der Waals surface area (Å²) in [5.74, 6) is -1.31. The molecule has 0 unspecified atom stereocenters. The van der Waals surface area contributed by atoms with Crippen molar-refractivity contribution in [2.45, 2.75) is 37.4 Å². The molecule has 3 rings (SSSR count). The molecule has 1 heterocycles. The number of hydrogen-bond acceptors (Lipinski definition) is 3. The van der Waals surface area contributed by atoms with Crippen LogP contribution in [0.1, 0.15) is 24.0 Å². The third-order valence-electron chi connectivity index (χ3n) is 4.41. The molecule has 1 aliphatic rings. The Bertz CT molecular complexity index is 849. The fourth-order valence-electron chi connectivity index (χ4n) is 3.03. The minimum absolute atomic E-state index is 0.0395. The minimum atomic E-state index is -3.57. The van der Waals surface area contributed by atoms with Crippen molar-refractivity contribution in [3.8, 4) is 0 Å². The van der Waals surface area contributed by atoms with E-state index >= 15 is 0 Å². The van der Waals surface area contributed by atoms with E-state index in [0.29, 0.717) is 24.9 Å². The summed E-state index contributed by atoms with van der Waals surface area (Å²) in [6.45, 7) is 2.60. The summed E-state index contributed by atoms with van der Waals surface area (Å²) < 4.78 is 59.2. The van der Waals surface area contributed by atoms with E-state index in [1.54, 1.807) is 24.3 Å². The fourth-order valence-corrected chi connectivity index (χ4v) is 4.54. The number of aryl methyl sites for hydroxylation is 1. The zero-order chi connectivity index (χ0) is 18.7. The number of benzene rings is 2. The topological polar surface area (TPSA) is 46.6 Å². The molecule has 7 heteroatoms. The Kier molecular flexibility index (Phi) is 5.70. The van der Waals surface area contributed by atoms with Gasteiger partial charge in [0.1, 0.15) is 11.6 Å². The molecule has 4 nitrogen and oxygen atoms in total. The largest absolute Gasteiger partial charge is 0.372 e. The summed E-state index contributed by atoms with van der Waals surface area (Å²) in [7, 11) is -3.57. The lowest BCUT2D eigenvalue weighted by atomic mass is 10.1. The van der Waals surface area contributed by atoms with Crippen molar-refractivity contribution < 1.29 is 21.9 Å². The second-order valence-electron chi connectivity index (χ2n) is 6.53. The molecule has 0 aromatic heterocycles. The first-order valence-electron chi connectivity index (χ1n) is 8.48. The van der Waals surface area contributed by atoms with Gasteiger partial charge < -0.3 is 4.74 Å². The number of sulfonamides is 1. The Morgan fingerprint density at radius 3 is 2.42 bits per heavy atom. The van der Waals surface area contributed by atoms with Crippen LogP contribution in [0.4, 0.5) is 8.78 Å². The van der Waals surface area contributed by atoms with E-state index in [4.69, 9.17) is 4.74 Å². The predicted octanol–water partition coefficient (Wildman–Crippen LogP) is 3.64. The monoisotopic (exact) mass is 381 g/mol. The molecule has 0 radical (unpaired) electrons. The van der Waals surface area contributed by atoms with Crippen LogP contribution in [-0.4, -0.2) is 31.9 Å². The molecule has 2 aromatic carbocycles. The SMILES string of the molecule is Cc1ccc(S(=O)(=O)N2CCC[C@@H](OCc3cc(F)cc(F)c3)C2)cc1. The van der Waals surface area contributed by atoms with Gasteiger partial charge in [0.25, 0.3) is 0 Å². The second-order valence-corrected chi connectivity index (χ2v) is 8.47. The average molecular weight is 381 g/mol. The Hall–Kier alpha value is -1.83. The van der Waals surface area contributed by atoms with E-state index in [0.717, 1.165) is 11.6 Å². The summed E-state index contributed by atoms with van der Waals surface area (Å²) in [6.07, 6.45) is 1.07. The van der Waals surface area contributed by atoms with Gasteiger partial charge in [-0.05, 0) is 49.6 Å². The van der Waals surface area contributed by atoms with Gasteiger partial charge >= 0.3 is 0 Å². The van der Waals surface area contributed by atoms with Gasteiger partial charge in [-0.1, -0.05) is 17.7 Å². The number of rotatable bonds is 5. The van der Waals surface area contributed by atoms with Gasteiger partial charge in [0, 0.05) is 19.2 Å². The summed E-state index contributed by atoms with van der Waals surface area (Å²) in [5, 5.41) is 0. The summed E-state index contributed by atoms with van der Waals surface area (Å²) >= 11 is 0. The van der Waals surface area contributed by atoms with Crippen molar-refractivity contribution in [3.63, 3.8) is 0 Å². The average Bonchev–Trinajstić information content (AvgIpc) is 2.60. The van der Waals surface area contributed by atoms with Crippen LogP contribution in [-0.2, 0) is 21.4 Å². The van der Waals surface area contributed by atoms with E-state index in [2.05, 4.69) is 0 Å². The molecule has 0 N–H and O–H groups in total. The zero-order valence-electron chi connectivity index (χ0n) is 14.5. The van der Waals surface area contributed by atoms with Crippen LogP contribution >= 0.6 is 0 Å². The van der Waals surface area contributed by atoms with Gasteiger partial charge in [-0.25, -0.2) is 17.2 Å². The first-order chi connectivity index (χ1) is 12.3. The molecule has 0 amide bonds. The van der Waals surface area contributed by atoms with Crippen molar-refractivity contribution in [1.29, 1.82) is 0 Å². The fraction of sp³-hybridized carbons (Fsp3) is 0.368. The van der Waals surface area contributed by atoms with Gasteiger partial charge in [-0.15, -0.1) is 0 Å². The molecule has 1 fully saturated rings. The molecule has 26 heavy (non-hydrogen) atoms. The quantitative estimate of drug-likeness (QED) is 0.794. The van der Waals surface area contributed by atoms with E-state index in [9.17, 15) is 17.2 Å². The normalized spacial score (nSPS) is 18.8. The van der Waals surface area contributed by atoms with Crippen molar-refractivity contribution in [3.05, 3.63) is 65.2 Å². The molecule has 140 valence electrons. The van der Waals surface area contributed by atoms with Gasteiger partial charge in [-0.2, -0.15) is 4.31 Å². The minimum Gasteiger partial charge on any atom is -0.372 e. The Balaban J connectivity index is 1.66. The number of halogens is 2. The molecule has 0 spiro atoms. The van der Waals surface area contributed by atoms with Gasteiger partial charge in [-0.3, -0.25) is 0 Å². The number of ether oxygens (including phenoxy) is 1. The highest BCUT2D eigenvalue weighted by Gasteiger charge is 2.30. The molecule has 0 bridgehead atoms. The van der Waals surface area contributed by atoms with Gasteiger partial charge in [0.2, 0.25) is 10.0 Å². The molecular weight excluding hydrogens is 360 g/mol. The van der Waals surface area contributed by atoms with Crippen molar-refractivity contribution in [2.75, 3.05) is 13.1 Å². The van der Waals surface area contributed by atoms with Crippen molar-refractivity contribution in [2.24, 2.45) is 0 Å². The van der Waals surface area contributed by atoms with E-state index in [-0.39, 0.29) is 24.2 Å². The van der Waals surface area contributed by atoms with Crippen LogP contribution in [0.15, 0.2) is 47.4 Å². The van der Waals surface area contributed by atoms with Crippen molar-refractivity contribution >= 4 is 10.0 Å². The Labute approximate surface area is 152 Å². The first-order valence-corrected chi connectivity index (χ1v) is 9.92. The Morgan fingerprint density at radius 2 is 1.77 bits per heavy atom. The summed E-state index contributed by atoms with van der Waals surface area (Å²) in [6, 6.07) is 9.97. The molecule has 0 aliphatic carbocycles. The molecule has 1 saturated heterocycles. The maximum absolute atomic E-state index is 13.2. The maximum atomic E-state index is 13.2. The standard InChI is InChI=1S/C19H21F2NO3S/c1-14-4-6-19(7-5-14)26(23,24)22-8-2-3-18(12-22)25-13-15-9-16(20)11-17(21)10-15/h4-7,9-11,18H,2-3,8,12-13H2,1H3/t18-/m1/s1. The highest BCUT2D eigenvalue weighted by atomic mass is 32.2. The lowest BCUT2D eigenvalue weighted by Gasteiger charge is -2.32. The van der Waals surface area contributed by atoms with E-state index in [1.165, 1.54) is 16.4 Å². The lowest BCUT2D eigenvalue weighted by molar-refractivity contribution is 0.00792. The molecule has 1 aliphatic heterocycles. The molecule has 2 aromatic rings. The Morgan fingerprint density at radius 1 is 1.12 bits per heavy atom. The zero-order valence-corrected chi connectivity index (χ0v) is 15.3. The first kappa shape index (κ1) is 18.9. The van der Waals surface area contributed by atoms with E-state index in [1.807, 2.05) is 6.92 Å². The van der Waals surface area contributed by atoms with Crippen LogP contribution in [0, 0.1) is 18.6 Å². The molecule has 0 saturated carbocycles. The molecular formula is C19H21F2NO3S. The highest BCUT2D eigenvalue weighted by molar-refractivity contribution is 7.89. The van der Waals surface area contributed by atoms with Gasteiger partial charge in [0.15, 0.2) is 0 Å². The number of hydrogen-bond donors (Lipinski definition) is 0. The number of nitrogens with zero attached hydrogens (tertiary/aromatic N) is 1. The molecule has 1 atom stereocenters. The summed E-state index contributed by atoms with van der Waals surface area (Å²) in [4.78, 5) is 0.260. The second kappa shape index (κ2) is 7.82. The van der Waals surface area contributed by atoms with Gasteiger partial charge in [0.05, 0.1) is 17.6 Å². The maximum Gasteiger partial charge on any atom is 0.243 e. The van der Waals surface area contributed by atoms with Crippen LogP contribution in [0.3, 0.4) is 0 Å². The number of piperidine rings is 1. The van der Waals surface area contributed by atoms with Crippen LogP contribution in [0.2, 0.25) is 0 Å². The third-order valence-corrected chi connectivity index (χ3v) is 6.29. The van der Waals surface area contributed by atoms with E-state index < -0.39 is 21.7 Å². The van der Waals surface area contributed by atoms with Crippen molar-refractivity contribution in [1.82, 2.24) is 4.31 Å².